The summed E-state index contributed by atoms with van der Waals surface area (Å²) in [5.74, 6) is 0.677. The maximum absolute atomic E-state index is 10.4. The van der Waals surface area contributed by atoms with Gasteiger partial charge < -0.3 is 15.7 Å². The highest BCUT2D eigenvalue weighted by Crippen LogP contribution is 2.29. The van der Waals surface area contributed by atoms with Crippen molar-refractivity contribution in [3.05, 3.63) is 65.3 Å². The number of nitrogens with zero attached hydrogens (tertiary/aromatic N) is 2. The molecule has 0 spiro atoms. The lowest BCUT2D eigenvalue weighted by Gasteiger charge is -2.14. The normalized spacial score (nSPS) is 12.5. The molecule has 0 radical (unpaired) electrons. The van der Waals surface area contributed by atoms with Crippen molar-refractivity contribution in [1.82, 2.24) is 15.6 Å². The van der Waals surface area contributed by atoms with E-state index in [1.54, 1.807) is 24.6 Å². The topological polar surface area (TPSA) is 69.5 Å². The van der Waals surface area contributed by atoms with Crippen LogP contribution in [0.5, 0.6) is 0 Å². The molecule has 0 bridgehead atoms. The molecule has 0 saturated carbocycles. The van der Waals surface area contributed by atoms with Crippen LogP contribution in [0, 0.1) is 0 Å². The van der Waals surface area contributed by atoms with Crippen molar-refractivity contribution < 1.29 is 5.11 Å². The second kappa shape index (κ2) is 10.4. The zero-order valence-corrected chi connectivity index (χ0v) is 17.7. The molecule has 2 aromatic heterocycles. The Morgan fingerprint density at radius 3 is 2.73 bits per heavy atom. The molecule has 26 heavy (non-hydrogen) atoms. The lowest BCUT2D eigenvalue weighted by molar-refractivity contribution is 0.184. The van der Waals surface area contributed by atoms with Gasteiger partial charge in [-0.05, 0) is 29.7 Å². The Morgan fingerprint density at radius 2 is 2.00 bits per heavy atom. The summed E-state index contributed by atoms with van der Waals surface area (Å²) in [7, 11) is 1.72. The number of aromatic nitrogens is 1. The Kier molecular flexibility index (Phi) is 8.27. The second-order valence-corrected chi connectivity index (χ2v) is 6.77. The first-order valence-corrected chi connectivity index (χ1v) is 9.09. The molecule has 1 unspecified atom stereocenters. The van der Waals surface area contributed by atoms with E-state index < -0.39 is 6.10 Å². The van der Waals surface area contributed by atoms with Gasteiger partial charge in [-0.2, -0.15) is 0 Å². The van der Waals surface area contributed by atoms with Gasteiger partial charge in [0.25, 0.3) is 0 Å². The van der Waals surface area contributed by atoms with Crippen LogP contribution in [0.1, 0.15) is 16.7 Å². The summed E-state index contributed by atoms with van der Waals surface area (Å²) in [5.41, 5.74) is 1.04. The lowest BCUT2D eigenvalue weighted by atomic mass is 10.2. The maximum atomic E-state index is 10.4. The Morgan fingerprint density at radius 1 is 1.19 bits per heavy atom. The molecule has 5 nitrogen and oxygen atoms in total. The highest BCUT2D eigenvalue weighted by molar-refractivity contribution is 14.0. The molecule has 0 fully saturated rings. The number of nitrogens with one attached hydrogen (secondary N) is 2. The first-order chi connectivity index (χ1) is 12.3. The molecule has 0 aliphatic carbocycles. The fraction of sp³-hybridized carbons (Fsp3) is 0.263. The van der Waals surface area contributed by atoms with E-state index >= 15 is 0 Å². The smallest absolute Gasteiger partial charge is 0.191 e. The van der Waals surface area contributed by atoms with Crippen molar-refractivity contribution in [2.24, 2.45) is 4.99 Å². The van der Waals surface area contributed by atoms with Gasteiger partial charge in [-0.15, -0.1) is 35.3 Å². The van der Waals surface area contributed by atoms with Gasteiger partial charge in [0.15, 0.2) is 5.96 Å². The van der Waals surface area contributed by atoms with E-state index in [4.69, 9.17) is 0 Å². The molecule has 1 atom stereocenters. The third kappa shape index (κ3) is 5.65. The van der Waals surface area contributed by atoms with Crippen LogP contribution in [0.25, 0.3) is 10.1 Å². The minimum atomic E-state index is -0.563. The van der Waals surface area contributed by atoms with Crippen molar-refractivity contribution in [1.29, 1.82) is 0 Å². The SMILES string of the molecule is CN=C(NCCc1ccccn1)NCC(O)c1cc2ccccc2s1.I. The monoisotopic (exact) mass is 482 g/mol. The van der Waals surface area contributed by atoms with E-state index in [0.29, 0.717) is 12.5 Å². The summed E-state index contributed by atoms with van der Waals surface area (Å²) in [6.07, 6.45) is 2.05. The van der Waals surface area contributed by atoms with E-state index in [9.17, 15) is 5.11 Å². The van der Waals surface area contributed by atoms with Crippen LogP contribution in [0.3, 0.4) is 0 Å². The lowest BCUT2D eigenvalue weighted by Crippen LogP contribution is -2.40. The average Bonchev–Trinajstić information content (AvgIpc) is 3.09. The number of rotatable bonds is 6. The molecule has 3 aromatic rings. The van der Waals surface area contributed by atoms with E-state index in [1.165, 1.54) is 10.1 Å². The van der Waals surface area contributed by atoms with Gasteiger partial charge >= 0.3 is 0 Å². The molecular weight excluding hydrogens is 459 g/mol. The Balaban J connectivity index is 0.00000243. The summed E-state index contributed by atoms with van der Waals surface area (Å²) in [6, 6.07) is 16.1. The summed E-state index contributed by atoms with van der Waals surface area (Å²) in [5, 5.41) is 18.0. The first kappa shape index (κ1) is 20.6. The Bertz CT molecular complexity index is 805. The zero-order chi connectivity index (χ0) is 17.5. The van der Waals surface area contributed by atoms with Crippen LogP contribution in [0.2, 0.25) is 0 Å². The van der Waals surface area contributed by atoms with Gasteiger partial charge in [0.2, 0.25) is 0 Å². The number of thiophene rings is 1. The van der Waals surface area contributed by atoms with E-state index in [-0.39, 0.29) is 24.0 Å². The molecule has 138 valence electrons. The van der Waals surface area contributed by atoms with Gasteiger partial charge in [-0.3, -0.25) is 9.98 Å². The largest absolute Gasteiger partial charge is 0.386 e. The molecule has 2 heterocycles. The number of benzene rings is 1. The maximum Gasteiger partial charge on any atom is 0.191 e. The van der Waals surface area contributed by atoms with E-state index in [2.05, 4.69) is 32.7 Å². The Hall–Kier alpha value is -1.71. The average molecular weight is 482 g/mol. The number of hydrogen-bond acceptors (Lipinski definition) is 4. The molecule has 3 N–H and O–H groups in total. The number of hydrogen-bond donors (Lipinski definition) is 3. The molecule has 0 saturated heterocycles. The van der Waals surface area contributed by atoms with Gasteiger partial charge in [0.1, 0.15) is 6.10 Å². The zero-order valence-electron chi connectivity index (χ0n) is 14.6. The molecule has 0 amide bonds. The van der Waals surface area contributed by atoms with Gasteiger partial charge in [-0.25, -0.2) is 0 Å². The fourth-order valence-corrected chi connectivity index (χ4v) is 3.59. The van der Waals surface area contributed by atoms with E-state index in [1.807, 2.05) is 36.4 Å². The first-order valence-electron chi connectivity index (χ1n) is 8.27. The standard InChI is InChI=1S/C19H22N4OS.HI/c1-20-19(22-11-9-15-7-4-5-10-21-15)23-13-16(24)18-12-14-6-2-3-8-17(14)25-18;/h2-8,10,12,16,24H,9,11,13H2,1H3,(H2,20,22,23);1H. The predicted octanol–water partition coefficient (Wildman–Crippen LogP) is 3.36. The minimum Gasteiger partial charge on any atom is -0.386 e. The summed E-state index contributed by atoms with van der Waals surface area (Å²) >= 11 is 1.62. The van der Waals surface area contributed by atoms with Crippen LogP contribution < -0.4 is 10.6 Å². The number of guanidine groups is 1. The predicted molar refractivity (Wildman–Crippen MR) is 120 cm³/mol. The highest BCUT2D eigenvalue weighted by Gasteiger charge is 2.12. The number of aliphatic imine (C=N–C) groups is 1. The molecule has 0 aliphatic rings. The number of pyridine rings is 1. The summed E-state index contributed by atoms with van der Waals surface area (Å²) < 4.78 is 1.19. The molecule has 1 aromatic carbocycles. The molecule has 0 aliphatic heterocycles. The summed E-state index contributed by atoms with van der Waals surface area (Å²) in [6.45, 7) is 1.14. The number of fused-ring (bicyclic) bond motifs is 1. The van der Waals surface area contributed by atoms with Crippen molar-refractivity contribution >= 4 is 51.4 Å². The third-order valence-electron chi connectivity index (χ3n) is 3.86. The quantitative estimate of drug-likeness (QED) is 0.287. The van der Waals surface area contributed by atoms with Crippen molar-refractivity contribution in [2.45, 2.75) is 12.5 Å². The molecular formula is C19H23IN4OS. The molecule has 7 heteroatoms. The van der Waals surface area contributed by atoms with Crippen molar-refractivity contribution in [3.63, 3.8) is 0 Å². The van der Waals surface area contributed by atoms with Crippen molar-refractivity contribution in [3.8, 4) is 0 Å². The number of halogens is 1. The highest BCUT2D eigenvalue weighted by atomic mass is 127. The van der Waals surface area contributed by atoms with Crippen LogP contribution in [0.4, 0.5) is 0 Å². The number of aliphatic hydroxyl groups excluding tert-OH is 1. The number of aliphatic hydroxyl groups is 1. The van der Waals surface area contributed by atoms with Crippen molar-refractivity contribution in [2.75, 3.05) is 20.1 Å². The fourth-order valence-electron chi connectivity index (χ4n) is 2.54. The Labute approximate surface area is 174 Å². The van der Waals surface area contributed by atoms with E-state index in [0.717, 1.165) is 23.5 Å². The van der Waals surface area contributed by atoms with Gasteiger partial charge in [0, 0.05) is 48.0 Å². The van der Waals surface area contributed by atoms with Crippen LogP contribution >= 0.6 is 35.3 Å². The second-order valence-electron chi connectivity index (χ2n) is 5.65. The summed E-state index contributed by atoms with van der Waals surface area (Å²) in [4.78, 5) is 9.45. The van der Waals surface area contributed by atoms with Crippen LogP contribution in [-0.2, 0) is 6.42 Å². The van der Waals surface area contributed by atoms with Crippen LogP contribution in [-0.4, -0.2) is 36.2 Å². The van der Waals surface area contributed by atoms with Gasteiger partial charge in [0.05, 0.1) is 0 Å². The molecule has 3 rings (SSSR count). The minimum absolute atomic E-state index is 0. The van der Waals surface area contributed by atoms with Gasteiger partial charge in [-0.1, -0.05) is 24.3 Å². The van der Waals surface area contributed by atoms with Crippen LogP contribution in [0.15, 0.2) is 59.7 Å². The third-order valence-corrected chi connectivity index (χ3v) is 5.08.